The normalized spacial score (nSPS) is 20.6. The standard InChI is InChI=1S/C25H32N6O3/c1-24(2,3)31-14-16-12-25(13-19(32)20(16)29-31)7-9-30(10-8-25)23(34)15-5-6-17-18(11-15)27-28-21(17)22(33)26-4/h5-6,11,29H,7-10,12-14H2,1-4H3,(H,26,33)(H,27,28). The molecule has 9 nitrogen and oxygen atoms in total. The van der Waals surface area contributed by atoms with Gasteiger partial charge in [0.2, 0.25) is 0 Å². The molecule has 2 aliphatic heterocycles. The molecule has 1 aliphatic carbocycles. The van der Waals surface area contributed by atoms with Crippen molar-refractivity contribution in [1.82, 2.24) is 30.8 Å². The number of piperidine rings is 1. The van der Waals surface area contributed by atoms with Gasteiger partial charge in [-0.05, 0) is 69.2 Å². The highest BCUT2D eigenvalue weighted by Crippen LogP contribution is 2.47. The molecule has 34 heavy (non-hydrogen) atoms. The number of H-pyrrole nitrogens is 1. The minimum Gasteiger partial charge on any atom is -0.354 e. The maximum absolute atomic E-state index is 13.2. The molecular weight excluding hydrogens is 432 g/mol. The monoisotopic (exact) mass is 464 g/mol. The van der Waals surface area contributed by atoms with Crippen LogP contribution in [0.2, 0.25) is 0 Å². The first-order valence-corrected chi connectivity index (χ1v) is 11.9. The first-order valence-electron chi connectivity index (χ1n) is 11.9. The Hall–Kier alpha value is -3.20. The van der Waals surface area contributed by atoms with Crippen molar-refractivity contribution in [1.29, 1.82) is 0 Å². The van der Waals surface area contributed by atoms with E-state index in [9.17, 15) is 14.4 Å². The Morgan fingerprint density at radius 3 is 2.56 bits per heavy atom. The van der Waals surface area contributed by atoms with Gasteiger partial charge in [0, 0.05) is 49.6 Å². The summed E-state index contributed by atoms with van der Waals surface area (Å²) >= 11 is 0. The number of nitrogens with one attached hydrogen (secondary N) is 3. The third kappa shape index (κ3) is 3.77. The first kappa shape index (κ1) is 22.6. The van der Waals surface area contributed by atoms with E-state index in [1.165, 1.54) is 5.57 Å². The molecular formula is C25H32N6O3. The quantitative estimate of drug-likeness (QED) is 0.630. The number of likely N-dealkylation sites (tertiary alicyclic amines) is 1. The average Bonchev–Trinajstić information content (AvgIpc) is 3.42. The SMILES string of the molecule is CNC(=O)c1n[nH]c2cc(C(=O)N3CCC4(CC3)CC(=O)C3=C(CN(C(C)(C)C)N3)C4)ccc12. The summed E-state index contributed by atoms with van der Waals surface area (Å²) in [5.41, 5.74) is 6.78. The van der Waals surface area contributed by atoms with Crippen LogP contribution in [0.4, 0.5) is 0 Å². The summed E-state index contributed by atoms with van der Waals surface area (Å²) in [6, 6.07) is 5.28. The molecule has 2 amide bonds. The number of benzene rings is 1. The maximum Gasteiger partial charge on any atom is 0.272 e. The van der Waals surface area contributed by atoms with Gasteiger partial charge in [0.15, 0.2) is 11.5 Å². The van der Waals surface area contributed by atoms with Crippen molar-refractivity contribution < 1.29 is 14.4 Å². The smallest absolute Gasteiger partial charge is 0.272 e. The van der Waals surface area contributed by atoms with E-state index in [-0.39, 0.29) is 28.6 Å². The largest absolute Gasteiger partial charge is 0.354 e. The average molecular weight is 465 g/mol. The zero-order valence-corrected chi connectivity index (χ0v) is 20.2. The molecule has 0 saturated carbocycles. The van der Waals surface area contributed by atoms with Crippen LogP contribution >= 0.6 is 0 Å². The summed E-state index contributed by atoms with van der Waals surface area (Å²) in [6.45, 7) is 8.47. The molecule has 1 fully saturated rings. The van der Waals surface area contributed by atoms with Crippen LogP contribution in [0.15, 0.2) is 29.5 Å². The van der Waals surface area contributed by atoms with Gasteiger partial charge in [0.05, 0.1) is 11.2 Å². The second kappa shape index (κ2) is 7.94. The number of aromatic nitrogens is 2. The van der Waals surface area contributed by atoms with Crippen LogP contribution < -0.4 is 10.7 Å². The lowest BCUT2D eigenvalue weighted by Crippen LogP contribution is -2.47. The lowest BCUT2D eigenvalue weighted by Gasteiger charge is -2.43. The number of ketones is 1. The Morgan fingerprint density at radius 1 is 1.15 bits per heavy atom. The molecule has 0 radical (unpaired) electrons. The van der Waals surface area contributed by atoms with Gasteiger partial charge >= 0.3 is 0 Å². The molecule has 0 bridgehead atoms. The number of carbonyl (C=O) groups is 3. The van der Waals surface area contributed by atoms with Gasteiger partial charge in [0.25, 0.3) is 11.8 Å². The van der Waals surface area contributed by atoms with Gasteiger partial charge in [-0.2, -0.15) is 5.10 Å². The highest BCUT2D eigenvalue weighted by molar-refractivity contribution is 6.06. The summed E-state index contributed by atoms with van der Waals surface area (Å²) in [4.78, 5) is 40.1. The fraction of sp³-hybridized carbons (Fsp3) is 0.520. The molecule has 1 spiro atoms. The third-order valence-electron chi connectivity index (χ3n) is 7.53. The molecule has 1 aromatic heterocycles. The van der Waals surface area contributed by atoms with Crippen molar-refractivity contribution in [3.63, 3.8) is 0 Å². The van der Waals surface area contributed by atoms with Crippen molar-refractivity contribution in [2.75, 3.05) is 26.7 Å². The van der Waals surface area contributed by atoms with Crippen LogP contribution in [-0.2, 0) is 4.79 Å². The fourth-order valence-electron chi connectivity index (χ4n) is 5.44. The van der Waals surface area contributed by atoms with Crippen LogP contribution in [0.5, 0.6) is 0 Å². The first-order chi connectivity index (χ1) is 16.1. The minimum absolute atomic E-state index is 0.0312. The Balaban J connectivity index is 1.27. The third-order valence-corrected chi connectivity index (χ3v) is 7.53. The Bertz CT molecular complexity index is 1210. The van der Waals surface area contributed by atoms with Crippen molar-refractivity contribution in [2.24, 2.45) is 5.41 Å². The summed E-state index contributed by atoms with van der Waals surface area (Å²) in [5, 5.41) is 12.3. The highest BCUT2D eigenvalue weighted by atomic mass is 16.2. The molecule has 0 unspecified atom stereocenters. The summed E-state index contributed by atoms with van der Waals surface area (Å²) in [7, 11) is 1.56. The predicted octanol–water partition coefficient (Wildman–Crippen LogP) is 2.38. The van der Waals surface area contributed by atoms with Crippen molar-refractivity contribution in [2.45, 2.75) is 52.0 Å². The molecule has 1 aromatic carbocycles. The predicted molar refractivity (Wildman–Crippen MR) is 128 cm³/mol. The number of carbonyl (C=O) groups excluding carboxylic acids is 3. The van der Waals surface area contributed by atoms with Crippen LogP contribution in [0.25, 0.3) is 10.9 Å². The maximum atomic E-state index is 13.2. The number of amides is 2. The molecule has 5 rings (SSSR count). The number of hydrogen-bond acceptors (Lipinski definition) is 6. The molecule has 0 atom stereocenters. The second-order valence-corrected chi connectivity index (χ2v) is 10.8. The van der Waals surface area contributed by atoms with Gasteiger partial charge < -0.3 is 15.6 Å². The van der Waals surface area contributed by atoms with E-state index in [0.29, 0.717) is 41.7 Å². The van der Waals surface area contributed by atoms with Gasteiger partial charge in [-0.25, -0.2) is 5.01 Å². The van der Waals surface area contributed by atoms with E-state index >= 15 is 0 Å². The van der Waals surface area contributed by atoms with Crippen LogP contribution in [0, 0.1) is 5.41 Å². The molecule has 9 heteroatoms. The topological polar surface area (TPSA) is 110 Å². The van der Waals surface area contributed by atoms with E-state index in [1.54, 1.807) is 25.2 Å². The van der Waals surface area contributed by atoms with E-state index < -0.39 is 0 Å². The molecule has 2 aromatic rings. The molecule has 3 N–H and O–H groups in total. The van der Waals surface area contributed by atoms with E-state index in [4.69, 9.17) is 0 Å². The van der Waals surface area contributed by atoms with Crippen LogP contribution in [-0.4, -0.2) is 69.9 Å². The summed E-state index contributed by atoms with van der Waals surface area (Å²) in [6.07, 6.45) is 3.10. The molecule has 3 aliphatic rings. The lowest BCUT2D eigenvalue weighted by atomic mass is 9.67. The molecule has 180 valence electrons. The zero-order chi connectivity index (χ0) is 24.3. The second-order valence-electron chi connectivity index (χ2n) is 10.8. The highest BCUT2D eigenvalue weighted by Gasteiger charge is 2.46. The number of rotatable bonds is 2. The van der Waals surface area contributed by atoms with E-state index in [0.717, 1.165) is 31.5 Å². The number of hydrogen-bond donors (Lipinski definition) is 3. The van der Waals surface area contributed by atoms with Crippen molar-refractivity contribution >= 4 is 28.5 Å². The van der Waals surface area contributed by atoms with Gasteiger partial charge in [-0.15, -0.1) is 0 Å². The summed E-state index contributed by atoms with van der Waals surface area (Å²) in [5.74, 6) is -0.101. The van der Waals surface area contributed by atoms with E-state index in [2.05, 4.69) is 46.7 Å². The van der Waals surface area contributed by atoms with Crippen molar-refractivity contribution in [3.05, 3.63) is 40.7 Å². The number of Topliss-reactive ketones (excluding diaryl/α,β-unsaturated/α-hetero) is 1. The summed E-state index contributed by atoms with van der Waals surface area (Å²) < 4.78 is 0. The van der Waals surface area contributed by atoms with Gasteiger partial charge in [0.1, 0.15) is 0 Å². The fourth-order valence-corrected chi connectivity index (χ4v) is 5.44. The van der Waals surface area contributed by atoms with Crippen LogP contribution in [0.1, 0.15) is 67.3 Å². The number of nitrogens with zero attached hydrogens (tertiary/aromatic N) is 3. The Labute approximate surface area is 198 Å². The van der Waals surface area contributed by atoms with Gasteiger partial charge in [-0.3, -0.25) is 19.5 Å². The number of fused-ring (bicyclic) bond motifs is 1. The molecule has 3 heterocycles. The van der Waals surface area contributed by atoms with Crippen LogP contribution in [0.3, 0.4) is 0 Å². The number of allylic oxidation sites excluding steroid dienone is 1. The van der Waals surface area contributed by atoms with E-state index in [1.807, 2.05) is 4.90 Å². The van der Waals surface area contributed by atoms with Crippen molar-refractivity contribution in [3.8, 4) is 0 Å². The number of aromatic amines is 1. The Morgan fingerprint density at radius 2 is 1.88 bits per heavy atom. The number of hydrazine groups is 1. The lowest BCUT2D eigenvalue weighted by molar-refractivity contribution is -0.120. The minimum atomic E-state index is -0.268. The Kier molecular flexibility index (Phi) is 5.27. The zero-order valence-electron chi connectivity index (χ0n) is 20.2. The van der Waals surface area contributed by atoms with Gasteiger partial charge in [-0.1, -0.05) is 0 Å². The molecule has 1 saturated heterocycles.